The molecule has 0 atom stereocenters. The number of carbonyl (C=O) groups is 2. The van der Waals surface area contributed by atoms with Crippen LogP contribution in [0.3, 0.4) is 0 Å². The van der Waals surface area contributed by atoms with E-state index >= 15 is 0 Å². The van der Waals surface area contributed by atoms with Crippen molar-refractivity contribution in [3.8, 4) is 0 Å². The summed E-state index contributed by atoms with van der Waals surface area (Å²) in [5, 5.41) is 5.27. The lowest BCUT2D eigenvalue weighted by atomic mass is 10.1. The van der Waals surface area contributed by atoms with Gasteiger partial charge in [0.1, 0.15) is 0 Å². The van der Waals surface area contributed by atoms with Gasteiger partial charge in [0.2, 0.25) is 11.8 Å². The van der Waals surface area contributed by atoms with Crippen LogP contribution in [0.5, 0.6) is 0 Å². The van der Waals surface area contributed by atoms with Crippen molar-refractivity contribution < 1.29 is 9.59 Å². The molecule has 0 aliphatic heterocycles. The van der Waals surface area contributed by atoms with Crippen molar-refractivity contribution in [2.75, 3.05) is 18.4 Å². The smallest absolute Gasteiger partial charge is 0.245 e. The summed E-state index contributed by atoms with van der Waals surface area (Å²) in [4.78, 5) is 30.6. The predicted octanol–water partition coefficient (Wildman–Crippen LogP) is 4.24. The van der Waals surface area contributed by atoms with Gasteiger partial charge in [-0.3, -0.25) is 9.59 Å². The highest BCUT2D eigenvalue weighted by atomic mass is 32.1. The first kappa shape index (κ1) is 20.6. The predicted molar refractivity (Wildman–Crippen MR) is 100 cm³/mol. The molecule has 0 fully saturated rings. The van der Waals surface area contributed by atoms with Crippen LogP contribution in [0.25, 0.3) is 0 Å². The maximum absolute atomic E-state index is 12.4. The second-order valence-corrected chi connectivity index (χ2v) is 7.51. The maximum Gasteiger partial charge on any atom is 0.245 e. The van der Waals surface area contributed by atoms with Crippen LogP contribution in [-0.4, -0.2) is 34.8 Å². The van der Waals surface area contributed by atoms with Gasteiger partial charge < -0.3 is 10.2 Å². The van der Waals surface area contributed by atoms with Crippen LogP contribution in [0.15, 0.2) is 5.38 Å². The topological polar surface area (TPSA) is 62.3 Å². The highest BCUT2D eigenvalue weighted by Gasteiger charge is 2.18. The average Bonchev–Trinajstić information content (AvgIpc) is 2.92. The number of amides is 2. The first-order chi connectivity index (χ1) is 11.4. The molecular formula is C18H31N3O2S. The Morgan fingerprint density at radius 2 is 2.04 bits per heavy atom. The van der Waals surface area contributed by atoms with Gasteiger partial charge in [-0.05, 0) is 25.7 Å². The number of unbranched alkanes of at least 4 members (excludes halogenated alkanes) is 3. The van der Waals surface area contributed by atoms with E-state index in [0.29, 0.717) is 24.0 Å². The zero-order valence-electron chi connectivity index (χ0n) is 15.4. The third-order valence-corrected chi connectivity index (χ3v) is 4.65. The third-order valence-electron chi connectivity index (χ3n) is 3.77. The summed E-state index contributed by atoms with van der Waals surface area (Å²) in [6, 6.07) is 0. The van der Waals surface area contributed by atoms with E-state index in [-0.39, 0.29) is 18.4 Å². The molecule has 1 aromatic rings. The molecule has 2 amide bonds. The van der Waals surface area contributed by atoms with Crippen LogP contribution >= 0.6 is 11.3 Å². The summed E-state index contributed by atoms with van der Waals surface area (Å²) in [6.45, 7) is 9.04. The Labute approximate surface area is 149 Å². The number of nitrogens with one attached hydrogen (secondary N) is 1. The quantitative estimate of drug-likeness (QED) is 0.605. The second kappa shape index (κ2) is 11.2. The highest BCUT2D eigenvalue weighted by Crippen LogP contribution is 2.14. The van der Waals surface area contributed by atoms with Crippen molar-refractivity contribution in [2.24, 2.45) is 5.92 Å². The summed E-state index contributed by atoms with van der Waals surface area (Å²) in [6.07, 6.45) is 5.72. The Balaban J connectivity index is 2.53. The van der Waals surface area contributed by atoms with Gasteiger partial charge in [0.15, 0.2) is 5.13 Å². The number of nitrogens with zero attached hydrogens (tertiary/aromatic N) is 2. The van der Waals surface area contributed by atoms with Gasteiger partial charge in [-0.1, -0.05) is 40.0 Å². The molecule has 136 valence electrons. The molecule has 6 heteroatoms. The van der Waals surface area contributed by atoms with Gasteiger partial charge in [-0.15, -0.1) is 11.3 Å². The minimum atomic E-state index is -0.171. The van der Waals surface area contributed by atoms with Gasteiger partial charge in [-0.25, -0.2) is 4.98 Å². The summed E-state index contributed by atoms with van der Waals surface area (Å²) in [5.41, 5.74) is 0.888. The standard InChI is InChI=1S/C18H31N3O2S/c1-5-6-7-8-9-17(23)21(11-10-14(2)3)12-16(22)20-18-19-15(4)13-24-18/h13-14H,5-12H2,1-4H3,(H,19,20,22). The van der Waals surface area contributed by atoms with Crippen LogP contribution in [0.1, 0.15) is 65.0 Å². The zero-order chi connectivity index (χ0) is 17.9. The van der Waals surface area contributed by atoms with E-state index in [9.17, 15) is 9.59 Å². The Hall–Kier alpha value is -1.43. The molecule has 1 N–H and O–H groups in total. The van der Waals surface area contributed by atoms with Crippen LogP contribution < -0.4 is 5.32 Å². The highest BCUT2D eigenvalue weighted by molar-refractivity contribution is 7.13. The fraction of sp³-hybridized carbons (Fsp3) is 0.722. The van der Waals surface area contributed by atoms with Gasteiger partial charge in [0, 0.05) is 18.3 Å². The molecule has 24 heavy (non-hydrogen) atoms. The minimum Gasteiger partial charge on any atom is -0.333 e. The number of rotatable bonds is 11. The van der Waals surface area contributed by atoms with Crippen LogP contribution in [-0.2, 0) is 9.59 Å². The molecule has 1 aromatic heterocycles. The number of aromatic nitrogens is 1. The Bertz CT molecular complexity index is 514. The fourth-order valence-electron chi connectivity index (χ4n) is 2.31. The lowest BCUT2D eigenvalue weighted by Crippen LogP contribution is -2.39. The molecule has 0 radical (unpaired) electrons. The lowest BCUT2D eigenvalue weighted by molar-refractivity contribution is -0.135. The molecule has 0 unspecified atom stereocenters. The molecule has 5 nitrogen and oxygen atoms in total. The van der Waals surface area contributed by atoms with E-state index in [2.05, 4.69) is 31.1 Å². The molecule has 0 saturated heterocycles. The zero-order valence-corrected chi connectivity index (χ0v) is 16.2. The summed E-state index contributed by atoms with van der Waals surface area (Å²) >= 11 is 1.40. The largest absolute Gasteiger partial charge is 0.333 e. The molecule has 0 saturated carbocycles. The summed E-state index contributed by atoms with van der Waals surface area (Å²) < 4.78 is 0. The van der Waals surface area contributed by atoms with E-state index in [1.165, 1.54) is 11.3 Å². The van der Waals surface area contributed by atoms with Crippen molar-refractivity contribution >= 4 is 28.3 Å². The monoisotopic (exact) mass is 353 g/mol. The Kier molecular flexibility index (Phi) is 9.60. The number of carbonyl (C=O) groups excluding carboxylic acids is 2. The first-order valence-corrected chi connectivity index (χ1v) is 9.80. The Morgan fingerprint density at radius 1 is 1.29 bits per heavy atom. The molecule has 0 aromatic carbocycles. The number of hydrogen-bond donors (Lipinski definition) is 1. The number of thiazole rings is 1. The maximum atomic E-state index is 12.4. The van der Waals surface area contributed by atoms with Crippen molar-refractivity contribution in [1.29, 1.82) is 0 Å². The van der Waals surface area contributed by atoms with Crippen molar-refractivity contribution in [3.63, 3.8) is 0 Å². The number of hydrogen-bond acceptors (Lipinski definition) is 4. The molecule has 1 rings (SSSR count). The minimum absolute atomic E-state index is 0.0808. The molecule has 0 bridgehead atoms. The molecule has 1 heterocycles. The normalized spacial score (nSPS) is 10.9. The van der Waals surface area contributed by atoms with E-state index in [4.69, 9.17) is 0 Å². The second-order valence-electron chi connectivity index (χ2n) is 6.65. The number of aryl methyl sites for hydroxylation is 1. The molecule has 0 aliphatic rings. The van der Waals surface area contributed by atoms with Crippen LogP contribution in [0.2, 0.25) is 0 Å². The average molecular weight is 354 g/mol. The SMILES string of the molecule is CCCCCCC(=O)N(CCC(C)C)CC(=O)Nc1nc(C)cs1. The molecular weight excluding hydrogens is 322 g/mol. The Morgan fingerprint density at radius 3 is 2.62 bits per heavy atom. The van der Waals surface area contributed by atoms with Crippen molar-refractivity contribution in [3.05, 3.63) is 11.1 Å². The third kappa shape index (κ3) is 8.43. The number of anilines is 1. The molecule has 0 aliphatic carbocycles. The van der Waals surface area contributed by atoms with Crippen molar-refractivity contribution in [1.82, 2.24) is 9.88 Å². The summed E-state index contributed by atoms with van der Waals surface area (Å²) in [7, 11) is 0. The van der Waals surface area contributed by atoms with Gasteiger partial charge >= 0.3 is 0 Å². The molecule has 0 spiro atoms. The van der Waals surface area contributed by atoms with Crippen molar-refractivity contribution in [2.45, 2.75) is 66.2 Å². The van der Waals surface area contributed by atoms with E-state index < -0.39 is 0 Å². The van der Waals surface area contributed by atoms with E-state index in [0.717, 1.165) is 37.8 Å². The van der Waals surface area contributed by atoms with Gasteiger partial charge in [-0.2, -0.15) is 0 Å². The van der Waals surface area contributed by atoms with E-state index in [1.807, 2.05) is 12.3 Å². The van der Waals surface area contributed by atoms with Gasteiger partial charge in [0.05, 0.1) is 12.2 Å². The van der Waals surface area contributed by atoms with Crippen LogP contribution in [0, 0.1) is 12.8 Å². The van der Waals surface area contributed by atoms with E-state index in [1.54, 1.807) is 4.90 Å². The van der Waals surface area contributed by atoms with Gasteiger partial charge in [0.25, 0.3) is 0 Å². The summed E-state index contributed by atoms with van der Waals surface area (Å²) in [5.74, 6) is 0.414. The fourth-order valence-corrected chi connectivity index (χ4v) is 3.01. The lowest BCUT2D eigenvalue weighted by Gasteiger charge is -2.23. The van der Waals surface area contributed by atoms with Crippen LogP contribution in [0.4, 0.5) is 5.13 Å². The first-order valence-electron chi connectivity index (χ1n) is 8.92.